The number of carbonyl (C=O) groups excluding carboxylic acids is 1. The molecule has 6 nitrogen and oxygen atoms in total. The summed E-state index contributed by atoms with van der Waals surface area (Å²) in [4.78, 5) is 14.5. The molecule has 1 aromatic heterocycles. The van der Waals surface area contributed by atoms with Gasteiger partial charge in [0.25, 0.3) is 0 Å². The molecule has 21 heavy (non-hydrogen) atoms. The summed E-state index contributed by atoms with van der Waals surface area (Å²) in [6.07, 6.45) is 4.36. The Labute approximate surface area is 125 Å². The molecule has 1 amide bonds. The zero-order valence-corrected chi connectivity index (χ0v) is 13.2. The lowest BCUT2D eigenvalue weighted by molar-refractivity contribution is -0.136. The third kappa shape index (κ3) is 2.69. The largest absolute Gasteiger partial charge is 0.337 e. The molecule has 1 aromatic rings. The molecular weight excluding hydrogens is 266 g/mol. The van der Waals surface area contributed by atoms with Gasteiger partial charge in [-0.05, 0) is 31.2 Å². The molecule has 1 saturated heterocycles. The second-order valence-electron chi connectivity index (χ2n) is 6.96. The molecule has 116 valence electrons. The number of carbonyl (C=O) groups is 1. The highest BCUT2D eigenvalue weighted by Gasteiger charge is 2.38. The van der Waals surface area contributed by atoms with Crippen molar-refractivity contribution in [3.8, 4) is 0 Å². The Hall–Kier alpha value is -1.43. The van der Waals surface area contributed by atoms with Gasteiger partial charge in [-0.25, -0.2) is 0 Å². The molecule has 1 N–H and O–H groups in total. The Morgan fingerprint density at radius 1 is 1.43 bits per heavy atom. The zero-order valence-electron chi connectivity index (χ0n) is 13.2. The lowest BCUT2D eigenvalue weighted by Crippen LogP contribution is -2.55. The Morgan fingerprint density at radius 2 is 2.24 bits per heavy atom. The Bertz CT molecular complexity index is 536. The van der Waals surface area contributed by atoms with Crippen LogP contribution in [0.2, 0.25) is 0 Å². The van der Waals surface area contributed by atoms with E-state index < -0.39 is 0 Å². The van der Waals surface area contributed by atoms with Crippen LogP contribution in [0.5, 0.6) is 0 Å². The summed E-state index contributed by atoms with van der Waals surface area (Å²) in [5.74, 6) is 2.13. The third-order valence-corrected chi connectivity index (χ3v) is 4.82. The standard InChI is InChI=1S/C15H25N5O/c1-15(2)7-5-8-16-13(15)14(21)19(3)10-12-18-17-11-6-4-9-20(11)12/h13,16H,4-10H2,1-3H3. The van der Waals surface area contributed by atoms with Gasteiger partial charge in [0.05, 0.1) is 12.6 Å². The zero-order chi connectivity index (χ0) is 15.0. The van der Waals surface area contributed by atoms with Gasteiger partial charge in [0.15, 0.2) is 5.82 Å². The maximum Gasteiger partial charge on any atom is 0.240 e. The second-order valence-corrected chi connectivity index (χ2v) is 6.96. The van der Waals surface area contributed by atoms with Crippen molar-refractivity contribution in [2.75, 3.05) is 13.6 Å². The minimum absolute atomic E-state index is 0.0103. The minimum Gasteiger partial charge on any atom is -0.337 e. The highest BCUT2D eigenvalue weighted by atomic mass is 16.2. The minimum atomic E-state index is -0.0998. The number of amides is 1. The van der Waals surface area contributed by atoms with Gasteiger partial charge in [-0.2, -0.15) is 0 Å². The number of likely N-dealkylation sites (N-methyl/N-ethyl adjacent to an activating group) is 1. The number of piperidine rings is 1. The van der Waals surface area contributed by atoms with Crippen LogP contribution in [0.25, 0.3) is 0 Å². The lowest BCUT2D eigenvalue weighted by atomic mass is 9.77. The van der Waals surface area contributed by atoms with Crippen LogP contribution in [0.15, 0.2) is 0 Å². The molecule has 0 radical (unpaired) electrons. The SMILES string of the molecule is CN(Cc1nnc2n1CCC2)C(=O)C1NCCCC1(C)C. The van der Waals surface area contributed by atoms with Crippen LogP contribution in [-0.4, -0.2) is 45.2 Å². The van der Waals surface area contributed by atoms with E-state index in [-0.39, 0.29) is 17.4 Å². The molecule has 6 heteroatoms. The topological polar surface area (TPSA) is 63.1 Å². The first-order valence-electron chi connectivity index (χ1n) is 7.88. The van der Waals surface area contributed by atoms with E-state index in [1.165, 1.54) is 0 Å². The van der Waals surface area contributed by atoms with E-state index in [0.29, 0.717) is 6.54 Å². The van der Waals surface area contributed by atoms with Crippen LogP contribution in [-0.2, 0) is 24.3 Å². The van der Waals surface area contributed by atoms with Crippen molar-refractivity contribution in [1.29, 1.82) is 0 Å². The summed E-state index contributed by atoms with van der Waals surface area (Å²) in [7, 11) is 1.87. The molecule has 1 fully saturated rings. The van der Waals surface area contributed by atoms with Crippen molar-refractivity contribution in [3.05, 3.63) is 11.6 Å². The maximum absolute atomic E-state index is 12.7. The van der Waals surface area contributed by atoms with Gasteiger partial charge in [0.2, 0.25) is 5.91 Å². The molecule has 3 rings (SSSR count). The molecule has 3 heterocycles. The number of nitrogens with zero attached hydrogens (tertiary/aromatic N) is 4. The van der Waals surface area contributed by atoms with Gasteiger partial charge in [-0.3, -0.25) is 4.79 Å². The summed E-state index contributed by atoms with van der Waals surface area (Å²) in [6.45, 7) is 6.79. The summed E-state index contributed by atoms with van der Waals surface area (Å²) in [5.41, 5.74) is 0.0103. The average Bonchev–Trinajstić information content (AvgIpc) is 3.02. The van der Waals surface area contributed by atoms with Crippen LogP contribution in [0.3, 0.4) is 0 Å². The van der Waals surface area contributed by atoms with E-state index in [1.807, 2.05) is 7.05 Å². The van der Waals surface area contributed by atoms with Crippen molar-refractivity contribution >= 4 is 5.91 Å². The number of hydrogen-bond acceptors (Lipinski definition) is 4. The molecule has 2 aliphatic rings. The number of fused-ring (bicyclic) bond motifs is 1. The van der Waals surface area contributed by atoms with E-state index >= 15 is 0 Å². The summed E-state index contributed by atoms with van der Waals surface area (Å²) < 4.78 is 2.16. The monoisotopic (exact) mass is 291 g/mol. The molecule has 0 saturated carbocycles. The normalized spacial score (nSPS) is 23.9. The highest BCUT2D eigenvalue weighted by molar-refractivity contribution is 5.82. The van der Waals surface area contributed by atoms with Crippen molar-refractivity contribution in [1.82, 2.24) is 25.0 Å². The summed E-state index contributed by atoms with van der Waals surface area (Å²) in [5, 5.41) is 11.8. The van der Waals surface area contributed by atoms with Crippen LogP contribution in [0.1, 0.15) is 44.8 Å². The first-order valence-corrected chi connectivity index (χ1v) is 7.88. The summed E-state index contributed by atoms with van der Waals surface area (Å²) in [6, 6.07) is -0.0998. The number of rotatable bonds is 3. The molecule has 1 unspecified atom stereocenters. The predicted octanol–water partition coefficient (Wildman–Crippen LogP) is 0.961. The van der Waals surface area contributed by atoms with E-state index in [4.69, 9.17) is 0 Å². The highest BCUT2D eigenvalue weighted by Crippen LogP contribution is 2.31. The molecule has 0 aromatic carbocycles. The first kappa shape index (κ1) is 14.5. The van der Waals surface area contributed by atoms with Gasteiger partial charge in [-0.1, -0.05) is 13.8 Å². The molecule has 0 bridgehead atoms. The van der Waals surface area contributed by atoms with Gasteiger partial charge >= 0.3 is 0 Å². The molecular formula is C15H25N5O. The van der Waals surface area contributed by atoms with Crippen LogP contribution in [0, 0.1) is 5.41 Å². The van der Waals surface area contributed by atoms with Crippen molar-refractivity contribution in [2.24, 2.45) is 5.41 Å². The fourth-order valence-corrected chi connectivity index (χ4v) is 3.47. The number of aryl methyl sites for hydroxylation is 1. The van der Waals surface area contributed by atoms with Gasteiger partial charge in [0.1, 0.15) is 5.82 Å². The van der Waals surface area contributed by atoms with E-state index in [2.05, 4.69) is 33.9 Å². The van der Waals surface area contributed by atoms with Crippen molar-refractivity contribution in [3.63, 3.8) is 0 Å². The Kier molecular flexibility index (Phi) is 3.73. The number of hydrogen-bond donors (Lipinski definition) is 1. The quantitative estimate of drug-likeness (QED) is 0.901. The second kappa shape index (κ2) is 5.40. The van der Waals surface area contributed by atoms with E-state index in [9.17, 15) is 4.79 Å². The molecule has 2 aliphatic heterocycles. The average molecular weight is 291 g/mol. The van der Waals surface area contributed by atoms with Crippen LogP contribution >= 0.6 is 0 Å². The van der Waals surface area contributed by atoms with Gasteiger partial charge in [-0.15, -0.1) is 10.2 Å². The molecule has 0 aliphatic carbocycles. The molecule has 1 atom stereocenters. The Balaban J connectivity index is 1.69. The smallest absolute Gasteiger partial charge is 0.240 e. The third-order valence-electron chi connectivity index (χ3n) is 4.82. The van der Waals surface area contributed by atoms with E-state index in [1.54, 1.807) is 4.90 Å². The first-order chi connectivity index (χ1) is 9.99. The lowest BCUT2D eigenvalue weighted by Gasteiger charge is -2.40. The van der Waals surface area contributed by atoms with Gasteiger partial charge < -0.3 is 14.8 Å². The summed E-state index contributed by atoms with van der Waals surface area (Å²) >= 11 is 0. The predicted molar refractivity (Wildman–Crippen MR) is 79.6 cm³/mol. The maximum atomic E-state index is 12.7. The van der Waals surface area contributed by atoms with Crippen LogP contribution < -0.4 is 5.32 Å². The van der Waals surface area contributed by atoms with Crippen molar-refractivity contribution < 1.29 is 4.79 Å². The fraction of sp³-hybridized carbons (Fsp3) is 0.800. The van der Waals surface area contributed by atoms with Gasteiger partial charge in [0, 0.05) is 20.0 Å². The Morgan fingerprint density at radius 3 is 3.00 bits per heavy atom. The van der Waals surface area contributed by atoms with Crippen LogP contribution in [0.4, 0.5) is 0 Å². The number of aromatic nitrogens is 3. The van der Waals surface area contributed by atoms with Crippen molar-refractivity contribution in [2.45, 2.75) is 58.7 Å². The molecule has 0 spiro atoms. The van der Waals surface area contributed by atoms with E-state index in [0.717, 1.165) is 50.4 Å². The number of nitrogens with one attached hydrogen (secondary N) is 1. The fourth-order valence-electron chi connectivity index (χ4n) is 3.47.